The summed E-state index contributed by atoms with van der Waals surface area (Å²) in [6, 6.07) is 8.22. The molecule has 1 N–H and O–H groups in total. The van der Waals surface area contributed by atoms with E-state index in [4.69, 9.17) is 4.42 Å². The van der Waals surface area contributed by atoms with Crippen molar-refractivity contribution in [2.75, 3.05) is 19.6 Å². The minimum atomic E-state index is -0.0281. The molecule has 0 bridgehead atoms. The highest BCUT2D eigenvalue weighted by Gasteiger charge is 2.26. The molecular formula is C20H29N3O2S. The third kappa shape index (κ3) is 5.11. The van der Waals surface area contributed by atoms with Gasteiger partial charge in [-0.1, -0.05) is 19.9 Å². The second-order valence-corrected chi connectivity index (χ2v) is 8.29. The van der Waals surface area contributed by atoms with Crippen LogP contribution in [0.5, 0.6) is 0 Å². The number of nitrogens with one attached hydrogen (secondary N) is 1. The number of hydrogen-bond donors (Lipinski definition) is 1. The summed E-state index contributed by atoms with van der Waals surface area (Å²) in [7, 11) is 0. The zero-order valence-corrected chi connectivity index (χ0v) is 16.5. The number of hydrogen-bond acceptors (Lipinski definition) is 4. The Morgan fingerprint density at radius 1 is 1.27 bits per heavy atom. The van der Waals surface area contributed by atoms with E-state index < -0.39 is 0 Å². The number of thiophene rings is 1. The molecule has 1 aliphatic heterocycles. The van der Waals surface area contributed by atoms with Crippen LogP contribution in [0.1, 0.15) is 37.3 Å². The molecule has 0 saturated carbocycles. The van der Waals surface area contributed by atoms with Crippen molar-refractivity contribution in [2.45, 2.75) is 45.8 Å². The fourth-order valence-electron chi connectivity index (χ4n) is 3.54. The minimum absolute atomic E-state index is 0.0281. The molecular weight excluding hydrogens is 346 g/mol. The minimum Gasteiger partial charge on any atom is -0.467 e. The number of amides is 2. The summed E-state index contributed by atoms with van der Waals surface area (Å²) in [5.41, 5.74) is 0. The summed E-state index contributed by atoms with van der Waals surface area (Å²) in [4.78, 5) is 18.4. The van der Waals surface area contributed by atoms with E-state index >= 15 is 0 Å². The fraction of sp³-hybridized carbons (Fsp3) is 0.550. The van der Waals surface area contributed by atoms with E-state index in [1.165, 1.54) is 17.7 Å². The number of carbonyl (C=O) groups excluding carboxylic acids is 1. The summed E-state index contributed by atoms with van der Waals surface area (Å²) in [6.07, 6.45) is 4.18. The van der Waals surface area contributed by atoms with Gasteiger partial charge in [-0.3, -0.25) is 4.90 Å². The van der Waals surface area contributed by atoms with Crippen LogP contribution in [0.15, 0.2) is 40.3 Å². The van der Waals surface area contributed by atoms with E-state index in [-0.39, 0.29) is 6.03 Å². The van der Waals surface area contributed by atoms with Gasteiger partial charge in [-0.05, 0) is 55.4 Å². The van der Waals surface area contributed by atoms with Crippen LogP contribution < -0.4 is 5.32 Å². The SMILES string of the molecule is CC(C)C(CNC(=O)N(Cc1ccco1)Cc1cccs1)N1CCCC1. The molecule has 0 aliphatic carbocycles. The normalized spacial score (nSPS) is 16.1. The maximum absolute atomic E-state index is 12.9. The van der Waals surface area contributed by atoms with Gasteiger partial charge in [0.1, 0.15) is 5.76 Å². The topological polar surface area (TPSA) is 48.7 Å². The zero-order valence-electron chi connectivity index (χ0n) is 15.7. The highest BCUT2D eigenvalue weighted by Crippen LogP contribution is 2.18. The largest absolute Gasteiger partial charge is 0.467 e. The van der Waals surface area contributed by atoms with Crippen LogP contribution >= 0.6 is 11.3 Å². The maximum atomic E-state index is 12.9. The van der Waals surface area contributed by atoms with Crippen LogP contribution in [-0.4, -0.2) is 41.5 Å². The predicted octanol–water partition coefficient (Wildman–Crippen LogP) is 4.17. The average Bonchev–Trinajstić information content (AvgIpc) is 3.38. The first kappa shape index (κ1) is 19.0. The van der Waals surface area contributed by atoms with E-state index in [9.17, 15) is 4.79 Å². The van der Waals surface area contributed by atoms with Crippen molar-refractivity contribution in [3.63, 3.8) is 0 Å². The summed E-state index contributed by atoms with van der Waals surface area (Å²) in [5, 5.41) is 5.22. The van der Waals surface area contributed by atoms with Crippen molar-refractivity contribution in [2.24, 2.45) is 5.92 Å². The van der Waals surface area contributed by atoms with Gasteiger partial charge in [-0.2, -0.15) is 0 Å². The van der Waals surface area contributed by atoms with Gasteiger partial charge in [0.2, 0.25) is 0 Å². The molecule has 2 amide bonds. The number of carbonyl (C=O) groups is 1. The van der Waals surface area contributed by atoms with E-state index in [2.05, 4.69) is 30.1 Å². The fourth-order valence-corrected chi connectivity index (χ4v) is 4.26. The van der Waals surface area contributed by atoms with Crippen molar-refractivity contribution in [3.8, 4) is 0 Å². The van der Waals surface area contributed by atoms with E-state index in [1.54, 1.807) is 17.6 Å². The van der Waals surface area contributed by atoms with E-state index in [0.717, 1.165) is 18.8 Å². The Morgan fingerprint density at radius 3 is 2.69 bits per heavy atom. The van der Waals surface area contributed by atoms with Gasteiger partial charge in [0.25, 0.3) is 0 Å². The highest BCUT2D eigenvalue weighted by molar-refractivity contribution is 7.09. The Kier molecular flexibility index (Phi) is 6.74. The lowest BCUT2D eigenvalue weighted by Gasteiger charge is -2.32. The molecule has 1 atom stereocenters. The third-order valence-electron chi connectivity index (χ3n) is 4.98. The number of rotatable bonds is 8. The highest BCUT2D eigenvalue weighted by atomic mass is 32.1. The molecule has 1 fully saturated rings. The molecule has 0 radical (unpaired) electrons. The molecule has 0 aromatic carbocycles. The Bertz CT molecular complexity index is 612. The third-order valence-corrected chi connectivity index (χ3v) is 5.84. The van der Waals surface area contributed by atoms with Crippen molar-refractivity contribution < 1.29 is 9.21 Å². The molecule has 6 heteroatoms. The van der Waals surface area contributed by atoms with Gasteiger partial charge in [-0.15, -0.1) is 11.3 Å². The molecule has 1 aliphatic rings. The molecule has 5 nitrogen and oxygen atoms in total. The van der Waals surface area contributed by atoms with Gasteiger partial charge in [-0.25, -0.2) is 4.79 Å². The van der Waals surface area contributed by atoms with Crippen LogP contribution in [0.3, 0.4) is 0 Å². The molecule has 1 unspecified atom stereocenters. The lowest BCUT2D eigenvalue weighted by molar-refractivity contribution is 0.165. The van der Waals surface area contributed by atoms with Crippen LogP contribution in [-0.2, 0) is 13.1 Å². The summed E-state index contributed by atoms with van der Waals surface area (Å²) >= 11 is 1.67. The van der Waals surface area contributed by atoms with Crippen LogP contribution in [0, 0.1) is 5.92 Å². The Balaban J connectivity index is 1.61. The van der Waals surface area contributed by atoms with Crippen LogP contribution in [0.2, 0.25) is 0 Å². The molecule has 26 heavy (non-hydrogen) atoms. The van der Waals surface area contributed by atoms with Gasteiger partial charge < -0.3 is 14.6 Å². The zero-order chi connectivity index (χ0) is 18.4. The van der Waals surface area contributed by atoms with Crippen LogP contribution in [0.25, 0.3) is 0 Å². The molecule has 3 heterocycles. The molecule has 2 aromatic heterocycles. The van der Waals surface area contributed by atoms with Crippen molar-refractivity contribution >= 4 is 17.4 Å². The van der Waals surface area contributed by atoms with Crippen molar-refractivity contribution in [1.82, 2.24) is 15.1 Å². The summed E-state index contributed by atoms with van der Waals surface area (Å²) in [6.45, 7) is 8.53. The van der Waals surface area contributed by atoms with Crippen LogP contribution in [0.4, 0.5) is 4.79 Å². The number of furan rings is 1. The van der Waals surface area contributed by atoms with Gasteiger partial charge in [0, 0.05) is 17.5 Å². The van der Waals surface area contributed by atoms with E-state index in [0.29, 0.717) is 31.6 Å². The molecule has 3 rings (SSSR count). The van der Waals surface area contributed by atoms with Gasteiger partial charge in [0.15, 0.2) is 0 Å². The first-order chi connectivity index (χ1) is 12.6. The van der Waals surface area contributed by atoms with Crippen molar-refractivity contribution in [1.29, 1.82) is 0 Å². The second kappa shape index (κ2) is 9.24. The molecule has 142 valence electrons. The second-order valence-electron chi connectivity index (χ2n) is 7.26. The maximum Gasteiger partial charge on any atom is 0.318 e. The summed E-state index contributed by atoms with van der Waals surface area (Å²) in [5.74, 6) is 1.32. The first-order valence-electron chi connectivity index (χ1n) is 9.45. The number of nitrogens with zero attached hydrogens (tertiary/aromatic N) is 2. The number of likely N-dealkylation sites (tertiary alicyclic amines) is 1. The van der Waals surface area contributed by atoms with Gasteiger partial charge >= 0.3 is 6.03 Å². The smallest absolute Gasteiger partial charge is 0.318 e. The standard InChI is InChI=1S/C20H29N3O2S/c1-16(2)19(22-9-3-4-10-22)13-21-20(24)23(14-17-7-5-11-25-17)15-18-8-6-12-26-18/h5-8,11-12,16,19H,3-4,9-10,13-15H2,1-2H3,(H,21,24). The lowest BCUT2D eigenvalue weighted by atomic mass is 10.0. The quantitative estimate of drug-likeness (QED) is 0.753. The van der Waals surface area contributed by atoms with Gasteiger partial charge in [0.05, 0.1) is 19.4 Å². The Hall–Kier alpha value is -1.79. The van der Waals surface area contributed by atoms with Crippen molar-refractivity contribution in [3.05, 3.63) is 46.5 Å². The van der Waals surface area contributed by atoms with E-state index in [1.807, 2.05) is 28.5 Å². The Morgan fingerprint density at radius 2 is 2.08 bits per heavy atom. The number of urea groups is 1. The average molecular weight is 376 g/mol. The first-order valence-corrected chi connectivity index (χ1v) is 10.3. The lowest BCUT2D eigenvalue weighted by Crippen LogP contribution is -2.48. The molecule has 1 saturated heterocycles. The predicted molar refractivity (Wildman–Crippen MR) is 105 cm³/mol. The Labute approximate surface area is 160 Å². The monoisotopic (exact) mass is 375 g/mol. The molecule has 0 spiro atoms. The summed E-state index contributed by atoms with van der Waals surface area (Å²) < 4.78 is 5.45. The molecule has 2 aromatic rings.